The number of amides is 2. The van der Waals surface area contributed by atoms with Crippen molar-refractivity contribution in [1.29, 1.82) is 0 Å². The molecule has 2 aliphatic heterocycles. The zero-order valence-corrected chi connectivity index (χ0v) is 16.1. The molecule has 2 fully saturated rings. The number of rotatable bonds is 5. The molecule has 1 aromatic heterocycles. The van der Waals surface area contributed by atoms with Crippen molar-refractivity contribution in [2.45, 2.75) is 51.9 Å². The first-order chi connectivity index (χ1) is 12.6. The summed E-state index contributed by atoms with van der Waals surface area (Å²) in [7, 11) is 0. The lowest BCUT2D eigenvalue weighted by Crippen LogP contribution is -2.45. The molecule has 1 atom stereocenters. The van der Waals surface area contributed by atoms with Crippen molar-refractivity contribution in [2.24, 2.45) is 11.8 Å². The lowest BCUT2D eigenvalue weighted by molar-refractivity contribution is -0.137. The lowest BCUT2D eigenvalue weighted by Gasteiger charge is -2.38. The summed E-state index contributed by atoms with van der Waals surface area (Å²) in [6.45, 7) is 7.59. The predicted molar refractivity (Wildman–Crippen MR) is 102 cm³/mol. The Morgan fingerprint density at radius 2 is 2.00 bits per heavy atom. The van der Waals surface area contributed by atoms with Crippen LogP contribution in [-0.2, 0) is 9.59 Å². The van der Waals surface area contributed by atoms with Gasteiger partial charge in [-0.25, -0.2) is 0 Å². The fourth-order valence-electron chi connectivity index (χ4n) is 4.27. The monoisotopic (exact) mass is 357 g/mol. The number of carbonyl (C=O) groups is 2. The van der Waals surface area contributed by atoms with Gasteiger partial charge in [-0.05, 0) is 49.1 Å². The average Bonchev–Trinajstić information content (AvgIpc) is 2.65. The fraction of sp³-hybridized carbons (Fsp3) is 0.667. The fourth-order valence-corrected chi connectivity index (χ4v) is 4.27. The Hall–Kier alpha value is -1.91. The van der Waals surface area contributed by atoms with Crippen LogP contribution in [-0.4, -0.2) is 52.8 Å². The zero-order chi connectivity index (χ0) is 18.5. The summed E-state index contributed by atoms with van der Waals surface area (Å²) in [5, 5.41) is 0. The van der Waals surface area contributed by atoms with Crippen LogP contribution >= 0.6 is 0 Å². The van der Waals surface area contributed by atoms with E-state index in [-0.39, 0.29) is 17.7 Å². The molecule has 0 spiro atoms. The van der Waals surface area contributed by atoms with Gasteiger partial charge in [0.1, 0.15) is 0 Å². The Bertz CT molecular complexity index is 609. The molecule has 0 aromatic carbocycles. The van der Waals surface area contributed by atoms with Crippen molar-refractivity contribution >= 4 is 11.8 Å². The molecule has 1 aromatic rings. The smallest absolute Gasteiger partial charge is 0.230 e. The van der Waals surface area contributed by atoms with E-state index in [2.05, 4.69) is 18.8 Å². The molecule has 0 radical (unpaired) electrons. The van der Waals surface area contributed by atoms with E-state index in [0.717, 1.165) is 57.4 Å². The van der Waals surface area contributed by atoms with Gasteiger partial charge in [0.05, 0.1) is 5.92 Å². The molecular weight excluding hydrogens is 326 g/mol. The van der Waals surface area contributed by atoms with Gasteiger partial charge in [0.15, 0.2) is 0 Å². The highest BCUT2D eigenvalue weighted by Crippen LogP contribution is 2.29. The van der Waals surface area contributed by atoms with E-state index in [9.17, 15) is 9.59 Å². The molecule has 2 saturated heterocycles. The number of aromatic nitrogens is 1. The third-order valence-electron chi connectivity index (χ3n) is 5.80. The SMILES string of the molecule is CC(C)C(C(=O)N1CCC(CN2CCCCC2=O)CC1)c1cccnc1. The third kappa shape index (κ3) is 4.43. The Kier molecular flexibility index (Phi) is 6.28. The summed E-state index contributed by atoms with van der Waals surface area (Å²) >= 11 is 0. The van der Waals surface area contributed by atoms with Crippen LogP contribution in [0.3, 0.4) is 0 Å². The van der Waals surface area contributed by atoms with Crippen molar-refractivity contribution in [3.05, 3.63) is 30.1 Å². The molecule has 3 rings (SSSR count). The van der Waals surface area contributed by atoms with Gasteiger partial charge < -0.3 is 9.80 Å². The number of carbonyl (C=O) groups excluding carboxylic acids is 2. The highest BCUT2D eigenvalue weighted by atomic mass is 16.2. The van der Waals surface area contributed by atoms with E-state index in [1.807, 2.05) is 28.1 Å². The number of nitrogens with zero attached hydrogens (tertiary/aromatic N) is 3. The molecule has 0 N–H and O–H groups in total. The van der Waals surface area contributed by atoms with Crippen molar-refractivity contribution in [3.8, 4) is 0 Å². The summed E-state index contributed by atoms with van der Waals surface area (Å²) in [5.74, 6) is 1.18. The summed E-state index contributed by atoms with van der Waals surface area (Å²) in [6, 6.07) is 3.91. The van der Waals surface area contributed by atoms with E-state index in [1.165, 1.54) is 0 Å². The Morgan fingerprint density at radius 3 is 2.62 bits per heavy atom. The summed E-state index contributed by atoms with van der Waals surface area (Å²) in [4.78, 5) is 33.4. The van der Waals surface area contributed by atoms with Crippen LogP contribution in [0.2, 0.25) is 0 Å². The van der Waals surface area contributed by atoms with E-state index in [4.69, 9.17) is 0 Å². The maximum atomic E-state index is 13.1. The minimum Gasteiger partial charge on any atom is -0.342 e. The minimum atomic E-state index is -0.121. The minimum absolute atomic E-state index is 0.121. The van der Waals surface area contributed by atoms with Gasteiger partial charge in [0, 0.05) is 45.0 Å². The second kappa shape index (κ2) is 8.65. The normalized spacial score (nSPS) is 20.5. The van der Waals surface area contributed by atoms with Crippen LogP contribution < -0.4 is 0 Å². The quantitative estimate of drug-likeness (QED) is 0.814. The zero-order valence-electron chi connectivity index (χ0n) is 16.1. The van der Waals surface area contributed by atoms with Gasteiger partial charge in [-0.2, -0.15) is 0 Å². The first-order valence-electron chi connectivity index (χ1n) is 10.0. The molecule has 0 bridgehead atoms. The standard InChI is InChI=1S/C21H31N3O2/c1-16(2)20(18-6-5-10-22-14-18)21(26)23-12-8-17(9-13-23)15-24-11-4-3-7-19(24)25/h5-6,10,14,16-17,20H,3-4,7-9,11-13,15H2,1-2H3. The van der Waals surface area contributed by atoms with Gasteiger partial charge in [-0.1, -0.05) is 19.9 Å². The average molecular weight is 357 g/mol. The molecule has 26 heavy (non-hydrogen) atoms. The van der Waals surface area contributed by atoms with Gasteiger partial charge in [-0.3, -0.25) is 14.6 Å². The topological polar surface area (TPSA) is 53.5 Å². The van der Waals surface area contributed by atoms with Crippen LogP contribution in [0.15, 0.2) is 24.5 Å². The molecule has 1 unspecified atom stereocenters. The first-order valence-corrected chi connectivity index (χ1v) is 10.0. The Labute approximate surface area is 156 Å². The van der Waals surface area contributed by atoms with Crippen LogP contribution in [0.5, 0.6) is 0 Å². The van der Waals surface area contributed by atoms with Gasteiger partial charge in [-0.15, -0.1) is 0 Å². The van der Waals surface area contributed by atoms with Crippen LogP contribution in [0.25, 0.3) is 0 Å². The Morgan fingerprint density at radius 1 is 1.23 bits per heavy atom. The number of pyridine rings is 1. The third-order valence-corrected chi connectivity index (χ3v) is 5.80. The van der Waals surface area contributed by atoms with Gasteiger partial charge in [0.25, 0.3) is 0 Å². The lowest BCUT2D eigenvalue weighted by atomic mass is 9.86. The highest BCUT2D eigenvalue weighted by Gasteiger charge is 2.32. The largest absolute Gasteiger partial charge is 0.342 e. The molecular formula is C21H31N3O2. The molecule has 0 saturated carbocycles. The number of hydrogen-bond acceptors (Lipinski definition) is 3. The molecule has 3 heterocycles. The van der Waals surface area contributed by atoms with Crippen molar-refractivity contribution in [2.75, 3.05) is 26.2 Å². The molecule has 0 aliphatic carbocycles. The second-order valence-electron chi connectivity index (χ2n) is 8.07. The van der Waals surface area contributed by atoms with Crippen LogP contribution in [0.1, 0.15) is 57.4 Å². The Balaban J connectivity index is 1.56. The number of piperidine rings is 2. The molecule has 5 heteroatoms. The van der Waals surface area contributed by atoms with Crippen molar-refractivity contribution in [3.63, 3.8) is 0 Å². The van der Waals surface area contributed by atoms with Gasteiger partial charge >= 0.3 is 0 Å². The maximum absolute atomic E-state index is 13.1. The first kappa shape index (κ1) is 18.9. The molecule has 142 valence electrons. The summed E-state index contributed by atoms with van der Waals surface area (Å²) in [6.07, 6.45) is 8.42. The van der Waals surface area contributed by atoms with E-state index in [0.29, 0.717) is 18.2 Å². The highest BCUT2D eigenvalue weighted by molar-refractivity contribution is 5.84. The van der Waals surface area contributed by atoms with Gasteiger partial charge in [0.2, 0.25) is 11.8 Å². The summed E-state index contributed by atoms with van der Waals surface area (Å²) in [5.41, 5.74) is 1.01. The maximum Gasteiger partial charge on any atom is 0.230 e. The predicted octanol–water partition coefficient (Wildman–Crippen LogP) is 3.07. The molecule has 5 nitrogen and oxygen atoms in total. The van der Waals surface area contributed by atoms with E-state index < -0.39 is 0 Å². The van der Waals surface area contributed by atoms with Crippen molar-refractivity contribution in [1.82, 2.24) is 14.8 Å². The van der Waals surface area contributed by atoms with Crippen molar-refractivity contribution < 1.29 is 9.59 Å². The van der Waals surface area contributed by atoms with Crippen LogP contribution in [0, 0.1) is 11.8 Å². The molecule has 2 aliphatic rings. The number of likely N-dealkylation sites (tertiary alicyclic amines) is 2. The summed E-state index contributed by atoms with van der Waals surface area (Å²) < 4.78 is 0. The van der Waals surface area contributed by atoms with E-state index in [1.54, 1.807) is 6.20 Å². The molecule has 2 amide bonds. The number of hydrogen-bond donors (Lipinski definition) is 0. The second-order valence-corrected chi connectivity index (χ2v) is 8.07. The van der Waals surface area contributed by atoms with E-state index >= 15 is 0 Å². The van der Waals surface area contributed by atoms with Crippen LogP contribution in [0.4, 0.5) is 0 Å².